The summed E-state index contributed by atoms with van der Waals surface area (Å²) in [5.41, 5.74) is 0. The first-order valence-corrected chi connectivity index (χ1v) is 8.94. The highest BCUT2D eigenvalue weighted by atomic mass is 127. The minimum absolute atomic E-state index is 0. The zero-order chi connectivity index (χ0) is 17.4. The van der Waals surface area contributed by atoms with E-state index in [1.807, 2.05) is 31.2 Å². The number of nitrogens with zero attached hydrogens (tertiary/aromatic N) is 2. The van der Waals surface area contributed by atoms with Crippen LogP contribution in [-0.2, 0) is 4.74 Å². The van der Waals surface area contributed by atoms with Crippen molar-refractivity contribution in [3.63, 3.8) is 0 Å². The second kappa shape index (κ2) is 11.8. The summed E-state index contributed by atoms with van der Waals surface area (Å²) in [5.74, 6) is 2.31. The van der Waals surface area contributed by atoms with E-state index in [1.165, 1.54) is 0 Å². The molecule has 1 heterocycles. The van der Waals surface area contributed by atoms with Crippen LogP contribution in [0.15, 0.2) is 29.3 Å². The van der Waals surface area contributed by atoms with E-state index >= 15 is 0 Å². The minimum Gasteiger partial charge on any atom is -0.489 e. The molecule has 0 saturated carbocycles. The number of nitrogens with one attached hydrogen (secondary N) is 1. The lowest BCUT2D eigenvalue weighted by molar-refractivity contribution is 0.157. The first-order valence-electron chi connectivity index (χ1n) is 8.56. The Morgan fingerprint density at radius 2 is 2.28 bits per heavy atom. The summed E-state index contributed by atoms with van der Waals surface area (Å²) in [4.78, 5) is 7.05. The van der Waals surface area contributed by atoms with Crippen LogP contribution in [0.3, 0.4) is 0 Å². The van der Waals surface area contributed by atoms with Crippen molar-refractivity contribution in [1.29, 1.82) is 0 Å². The van der Waals surface area contributed by atoms with E-state index in [0.717, 1.165) is 44.4 Å². The van der Waals surface area contributed by atoms with Crippen molar-refractivity contribution in [3.05, 3.63) is 29.3 Å². The average molecular weight is 482 g/mol. The Hall–Kier alpha value is -0.730. The summed E-state index contributed by atoms with van der Waals surface area (Å²) >= 11 is 5.99. The lowest BCUT2D eigenvalue weighted by atomic mass is 10.1. The summed E-state index contributed by atoms with van der Waals surface area (Å²) in [5, 5.41) is 4.05. The Labute approximate surface area is 173 Å². The van der Waals surface area contributed by atoms with Crippen molar-refractivity contribution in [2.45, 2.75) is 26.4 Å². The Morgan fingerprint density at radius 1 is 1.48 bits per heavy atom. The normalized spacial score (nSPS) is 18.6. The molecule has 1 aliphatic heterocycles. The molecule has 0 spiro atoms. The molecule has 1 saturated heterocycles. The molecular formula is C18H29ClIN3O2. The minimum atomic E-state index is -0.0190. The van der Waals surface area contributed by atoms with Gasteiger partial charge in [-0.15, -0.1) is 24.0 Å². The van der Waals surface area contributed by atoms with Crippen LogP contribution in [0.1, 0.15) is 20.3 Å². The van der Waals surface area contributed by atoms with E-state index in [9.17, 15) is 0 Å². The maximum absolute atomic E-state index is 5.99. The first kappa shape index (κ1) is 22.3. The van der Waals surface area contributed by atoms with E-state index in [1.54, 1.807) is 7.11 Å². The zero-order valence-corrected chi connectivity index (χ0v) is 18.3. The molecule has 1 fully saturated rings. The molecule has 25 heavy (non-hydrogen) atoms. The van der Waals surface area contributed by atoms with E-state index in [2.05, 4.69) is 17.1 Å². The topological polar surface area (TPSA) is 46.1 Å². The second-order valence-electron chi connectivity index (χ2n) is 6.14. The number of guanidine groups is 1. The average Bonchev–Trinajstić information content (AvgIpc) is 3.00. The number of benzene rings is 1. The molecule has 2 rings (SSSR count). The van der Waals surface area contributed by atoms with Gasteiger partial charge in [0.05, 0.1) is 13.2 Å². The molecule has 1 N–H and O–H groups in total. The fourth-order valence-corrected chi connectivity index (χ4v) is 3.03. The lowest BCUT2D eigenvalue weighted by Crippen LogP contribution is -2.41. The van der Waals surface area contributed by atoms with Gasteiger partial charge in [-0.25, -0.2) is 4.99 Å². The van der Waals surface area contributed by atoms with Crippen LogP contribution in [0.5, 0.6) is 5.75 Å². The van der Waals surface area contributed by atoms with Crippen LogP contribution in [0.25, 0.3) is 0 Å². The van der Waals surface area contributed by atoms with Crippen LogP contribution in [0.2, 0.25) is 5.02 Å². The van der Waals surface area contributed by atoms with Gasteiger partial charge in [0.1, 0.15) is 11.9 Å². The quantitative estimate of drug-likeness (QED) is 0.367. The summed E-state index contributed by atoms with van der Waals surface area (Å²) in [6, 6.07) is 7.46. The Morgan fingerprint density at radius 3 is 2.96 bits per heavy atom. The summed E-state index contributed by atoms with van der Waals surface area (Å²) in [7, 11) is 1.76. The van der Waals surface area contributed by atoms with Crippen LogP contribution in [0, 0.1) is 5.92 Å². The van der Waals surface area contributed by atoms with Crippen LogP contribution in [-0.4, -0.2) is 56.9 Å². The van der Waals surface area contributed by atoms with Gasteiger partial charge in [-0.1, -0.05) is 17.7 Å². The maximum Gasteiger partial charge on any atom is 0.194 e. The third-order valence-electron chi connectivity index (χ3n) is 3.95. The number of likely N-dealkylation sites (tertiary alicyclic amines) is 1. The summed E-state index contributed by atoms with van der Waals surface area (Å²) in [6.07, 6.45) is 1.13. The van der Waals surface area contributed by atoms with E-state index in [4.69, 9.17) is 26.1 Å². The predicted molar refractivity (Wildman–Crippen MR) is 114 cm³/mol. The first-order chi connectivity index (χ1) is 11.6. The molecule has 2 unspecified atom stereocenters. The number of hydrogen-bond donors (Lipinski definition) is 1. The molecule has 0 bridgehead atoms. The van der Waals surface area contributed by atoms with Gasteiger partial charge in [-0.2, -0.15) is 0 Å². The number of halogens is 2. The molecule has 2 atom stereocenters. The van der Waals surface area contributed by atoms with Crippen molar-refractivity contribution in [1.82, 2.24) is 10.2 Å². The van der Waals surface area contributed by atoms with E-state index < -0.39 is 0 Å². The fraction of sp³-hybridized carbons (Fsp3) is 0.611. The van der Waals surface area contributed by atoms with Gasteiger partial charge < -0.3 is 19.7 Å². The van der Waals surface area contributed by atoms with Gasteiger partial charge >= 0.3 is 0 Å². The summed E-state index contributed by atoms with van der Waals surface area (Å²) < 4.78 is 11.2. The highest BCUT2D eigenvalue weighted by molar-refractivity contribution is 14.0. The smallest absolute Gasteiger partial charge is 0.194 e. The lowest BCUT2D eigenvalue weighted by Gasteiger charge is -2.22. The van der Waals surface area contributed by atoms with Crippen molar-refractivity contribution >= 4 is 41.5 Å². The number of rotatable bonds is 7. The molecule has 0 aromatic heterocycles. The van der Waals surface area contributed by atoms with E-state index in [0.29, 0.717) is 17.5 Å². The van der Waals surface area contributed by atoms with Crippen molar-refractivity contribution in [2.75, 3.05) is 39.9 Å². The zero-order valence-electron chi connectivity index (χ0n) is 15.2. The predicted octanol–water partition coefficient (Wildman–Crippen LogP) is 3.66. The van der Waals surface area contributed by atoms with Gasteiger partial charge in [-0.3, -0.25) is 0 Å². The molecule has 7 heteroatoms. The highest BCUT2D eigenvalue weighted by Crippen LogP contribution is 2.19. The van der Waals surface area contributed by atoms with Gasteiger partial charge in [0.25, 0.3) is 0 Å². The van der Waals surface area contributed by atoms with E-state index in [-0.39, 0.29) is 30.1 Å². The van der Waals surface area contributed by atoms with Gasteiger partial charge in [0, 0.05) is 37.7 Å². The van der Waals surface area contributed by atoms with Crippen molar-refractivity contribution in [2.24, 2.45) is 10.9 Å². The maximum atomic E-state index is 5.99. The molecular weight excluding hydrogens is 453 g/mol. The molecule has 1 aromatic carbocycles. The largest absolute Gasteiger partial charge is 0.489 e. The standard InChI is InChI=1S/C18H28ClN3O2.HI/c1-4-20-18(22-9-8-15(12-22)13-23-3)21-11-14(2)24-17-7-5-6-16(19)10-17;/h5-7,10,14-15H,4,8-9,11-13H2,1-3H3,(H,20,21);1H. The second-order valence-corrected chi connectivity index (χ2v) is 6.57. The molecule has 1 aliphatic rings. The number of aliphatic imine (C=N–C) groups is 1. The van der Waals surface area contributed by atoms with Crippen LogP contribution < -0.4 is 10.1 Å². The molecule has 5 nitrogen and oxygen atoms in total. The Balaban J connectivity index is 0.00000312. The highest BCUT2D eigenvalue weighted by Gasteiger charge is 2.24. The third kappa shape index (κ3) is 7.58. The monoisotopic (exact) mass is 481 g/mol. The Kier molecular flexibility index (Phi) is 10.5. The van der Waals surface area contributed by atoms with Crippen molar-refractivity contribution in [3.8, 4) is 5.75 Å². The summed E-state index contributed by atoms with van der Waals surface area (Å²) in [6.45, 7) is 8.38. The van der Waals surface area contributed by atoms with Crippen LogP contribution in [0.4, 0.5) is 0 Å². The van der Waals surface area contributed by atoms with Gasteiger partial charge in [0.2, 0.25) is 0 Å². The fourth-order valence-electron chi connectivity index (χ4n) is 2.85. The van der Waals surface area contributed by atoms with Gasteiger partial charge in [-0.05, 0) is 38.5 Å². The van der Waals surface area contributed by atoms with Gasteiger partial charge in [0.15, 0.2) is 5.96 Å². The van der Waals surface area contributed by atoms with Crippen molar-refractivity contribution < 1.29 is 9.47 Å². The van der Waals surface area contributed by atoms with Crippen LogP contribution >= 0.6 is 35.6 Å². The molecule has 1 aromatic rings. The third-order valence-corrected chi connectivity index (χ3v) is 4.19. The Bertz CT molecular complexity index is 545. The molecule has 0 radical (unpaired) electrons. The molecule has 0 aliphatic carbocycles. The number of methoxy groups -OCH3 is 1. The molecule has 142 valence electrons. The SMILES string of the molecule is CCNC(=NCC(C)Oc1cccc(Cl)c1)N1CCC(COC)C1.I. The number of hydrogen-bond acceptors (Lipinski definition) is 3. The molecule has 0 amide bonds. The number of ether oxygens (including phenoxy) is 2.